The van der Waals surface area contributed by atoms with Gasteiger partial charge in [0.05, 0.1) is 18.2 Å². The quantitative estimate of drug-likeness (QED) is 0.475. The van der Waals surface area contributed by atoms with Gasteiger partial charge in [0.25, 0.3) is 0 Å². The molecule has 0 radical (unpaired) electrons. The van der Waals surface area contributed by atoms with E-state index in [0.29, 0.717) is 5.02 Å². The Hall–Kier alpha value is -2.51. The Kier molecular flexibility index (Phi) is 8.35. The van der Waals surface area contributed by atoms with Crippen LogP contribution in [0.1, 0.15) is 30.5 Å². The molecule has 0 aliphatic heterocycles. The molecule has 0 saturated carbocycles. The Morgan fingerprint density at radius 2 is 1.57 bits per heavy atom. The van der Waals surface area contributed by atoms with Gasteiger partial charge in [0.1, 0.15) is 0 Å². The number of benzene rings is 2. The van der Waals surface area contributed by atoms with E-state index in [2.05, 4.69) is 16.2 Å². The van der Waals surface area contributed by atoms with Crippen LogP contribution in [0.4, 0.5) is 0 Å². The molecule has 0 aliphatic carbocycles. The molecule has 0 bridgehead atoms. The number of amides is 3. The van der Waals surface area contributed by atoms with Gasteiger partial charge in [0, 0.05) is 16.8 Å². The molecule has 0 unspecified atom stereocenters. The van der Waals surface area contributed by atoms with E-state index in [4.69, 9.17) is 11.6 Å². The third-order valence-corrected chi connectivity index (χ3v) is 5.04. The molecule has 1 atom stereocenters. The van der Waals surface area contributed by atoms with E-state index in [-0.39, 0.29) is 24.0 Å². The van der Waals surface area contributed by atoms with Crippen LogP contribution in [-0.4, -0.2) is 23.5 Å². The van der Waals surface area contributed by atoms with Crippen LogP contribution < -0.4 is 16.2 Å². The lowest BCUT2D eigenvalue weighted by atomic mass is 10.0. The second kappa shape index (κ2) is 10.7. The van der Waals surface area contributed by atoms with Gasteiger partial charge >= 0.3 is 0 Å². The van der Waals surface area contributed by atoms with Crippen molar-refractivity contribution in [3.63, 3.8) is 0 Å². The fraction of sp³-hybridized carbons (Fsp3) is 0.250. The Labute approximate surface area is 173 Å². The van der Waals surface area contributed by atoms with Crippen molar-refractivity contribution in [2.45, 2.75) is 31.2 Å². The first kappa shape index (κ1) is 21.8. The van der Waals surface area contributed by atoms with Crippen LogP contribution in [0.2, 0.25) is 5.02 Å². The molecular weight excluding hydrogens is 398 g/mol. The third kappa shape index (κ3) is 7.62. The maximum absolute atomic E-state index is 12.2. The zero-order valence-corrected chi connectivity index (χ0v) is 17.2. The topological polar surface area (TPSA) is 87.3 Å². The number of carbonyl (C=O) groups excluding carboxylic acids is 3. The average molecular weight is 420 g/mol. The normalized spacial score (nSPS) is 11.4. The maximum Gasteiger partial charge on any atom is 0.248 e. The van der Waals surface area contributed by atoms with Gasteiger partial charge in [-0.2, -0.15) is 0 Å². The largest absolute Gasteiger partial charge is 0.349 e. The molecule has 28 heavy (non-hydrogen) atoms. The van der Waals surface area contributed by atoms with Crippen molar-refractivity contribution in [2.24, 2.45) is 0 Å². The zero-order valence-electron chi connectivity index (χ0n) is 15.6. The predicted octanol–water partition coefficient (Wildman–Crippen LogP) is 3.16. The Balaban J connectivity index is 1.82. The summed E-state index contributed by atoms with van der Waals surface area (Å²) >= 11 is 7.25. The predicted molar refractivity (Wildman–Crippen MR) is 111 cm³/mol. The fourth-order valence-electron chi connectivity index (χ4n) is 2.39. The number of nitrogens with one attached hydrogen (secondary N) is 3. The fourth-order valence-corrected chi connectivity index (χ4v) is 3.21. The number of hydrazine groups is 1. The van der Waals surface area contributed by atoms with Crippen molar-refractivity contribution in [1.29, 1.82) is 0 Å². The van der Waals surface area contributed by atoms with E-state index in [1.807, 2.05) is 31.2 Å². The number of halogens is 1. The van der Waals surface area contributed by atoms with Gasteiger partial charge in [0.2, 0.25) is 17.7 Å². The molecule has 8 heteroatoms. The number of rotatable bonds is 7. The van der Waals surface area contributed by atoms with Gasteiger partial charge in [-0.15, -0.1) is 11.8 Å². The van der Waals surface area contributed by atoms with Gasteiger partial charge in [-0.25, -0.2) is 0 Å². The first-order valence-corrected chi connectivity index (χ1v) is 9.99. The van der Waals surface area contributed by atoms with Crippen LogP contribution in [0.3, 0.4) is 0 Å². The highest BCUT2D eigenvalue weighted by atomic mass is 35.5. The summed E-state index contributed by atoms with van der Waals surface area (Å²) in [6.07, 6.45) is -0.0212. The summed E-state index contributed by atoms with van der Waals surface area (Å²) in [4.78, 5) is 36.5. The van der Waals surface area contributed by atoms with E-state index in [0.717, 1.165) is 16.0 Å². The van der Waals surface area contributed by atoms with E-state index in [9.17, 15) is 14.4 Å². The number of hydrogen-bond acceptors (Lipinski definition) is 4. The lowest BCUT2D eigenvalue weighted by Crippen LogP contribution is -2.44. The molecule has 148 valence electrons. The minimum atomic E-state index is -0.520. The second-order valence-corrected chi connectivity index (χ2v) is 7.69. The summed E-state index contributed by atoms with van der Waals surface area (Å²) in [5.41, 5.74) is 6.67. The number of thioether (sulfide) groups is 1. The SMILES string of the molecule is CC(=O)N[C@H](CC(=O)NNC(=O)CSc1ccc(C)cc1)c1ccc(Cl)cc1. The molecule has 6 nitrogen and oxygen atoms in total. The Bertz CT molecular complexity index is 826. The number of hydrogen-bond donors (Lipinski definition) is 3. The van der Waals surface area contributed by atoms with Crippen LogP contribution in [0.5, 0.6) is 0 Å². The summed E-state index contributed by atoms with van der Waals surface area (Å²) in [5.74, 6) is -0.814. The molecule has 3 amide bonds. The minimum absolute atomic E-state index is 0.0212. The second-order valence-electron chi connectivity index (χ2n) is 6.21. The summed E-state index contributed by atoms with van der Waals surface area (Å²) in [7, 11) is 0. The monoisotopic (exact) mass is 419 g/mol. The van der Waals surface area contributed by atoms with Crippen molar-refractivity contribution < 1.29 is 14.4 Å². The van der Waals surface area contributed by atoms with Gasteiger partial charge < -0.3 is 5.32 Å². The Morgan fingerprint density at radius 1 is 0.964 bits per heavy atom. The van der Waals surface area contributed by atoms with Crippen molar-refractivity contribution in [1.82, 2.24) is 16.2 Å². The highest BCUT2D eigenvalue weighted by molar-refractivity contribution is 8.00. The lowest BCUT2D eigenvalue weighted by Gasteiger charge is -2.18. The zero-order chi connectivity index (χ0) is 20.5. The van der Waals surface area contributed by atoms with Crippen molar-refractivity contribution in [3.05, 3.63) is 64.7 Å². The molecule has 0 fully saturated rings. The average Bonchev–Trinajstić information content (AvgIpc) is 2.65. The lowest BCUT2D eigenvalue weighted by molar-refractivity contribution is -0.128. The van der Waals surface area contributed by atoms with Gasteiger partial charge in [-0.1, -0.05) is 41.4 Å². The summed E-state index contributed by atoms with van der Waals surface area (Å²) in [6, 6.07) is 14.2. The van der Waals surface area contributed by atoms with Crippen LogP contribution in [0.25, 0.3) is 0 Å². The standard InChI is InChI=1S/C20H22ClN3O3S/c1-13-3-9-17(10-4-13)28-12-20(27)24-23-19(26)11-18(22-14(2)25)15-5-7-16(21)8-6-15/h3-10,18H,11-12H2,1-2H3,(H,22,25)(H,23,26)(H,24,27)/t18-/m1/s1. The van der Waals surface area contributed by atoms with Crippen LogP contribution in [0, 0.1) is 6.92 Å². The first-order valence-electron chi connectivity index (χ1n) is 8.63. The summed E-state index contributed by atoms with van der Waals surface area (Å²) < 4.78 is 0. The highest BCUT2D eigenvalue weighted by Crippen LogP contribution is 2.20. The van der Waals surface area contributed by atoms with Crippen molar-refractivity contribution >= 4 is 41.1 Å². The third-order valence-electron chi connectivity index (χ3n) is 3.77. The van der Waals surface area contributed by atoms with Gasteiger partial charge in [0.15, 0.2) is 0 Å². The van der Waals surface area contributed by atoms with Crippen molar-refractivity contribution in [3.8, 4) is 0 Å². The molecule has 2 aromatic carbocycles. The molecule has 0 heterocycles. The minimum Gasteiger partial charge on any atom is -0.349 e. The highest BCUT2D eigenvalue weighted by Gasteiger charge is 2.17. The van der Waals surface area contributed by atoms with E-state index >= 15 is 0 Å². The van der Waals surface area contributed by atoms with E-state index in [1.54, 1.807) is 24.3 Å². The number of carbonyl (C=O) groups is 3. The molecule has 0 aliphatic rings. The van der Waals surface area contributed by atoms with Crippen LogP contribution >= 0.6 is 23.4 Å². The maximum atomic E-state index is 12.2. The summed E-state index contributed by atoms with van der Waals surface area (Å²) in [5, 5.41) is 3.29. The van der Waals surface area contributed by atoms with E-state index in [1.165, 1.54) is 18.7 Å². The smallest absolute Gasteiger partial charge is 0.248 e. The first-order chi connectivity index (χ1) is 13.3. The molecule has 0 spiro atoms. The molecule has 0 aromatic heterocycles. The van der Waals surface area contributed by atoms with Gasteiger partial charge in [-0.05, 0) is 36.8 Å². The van der Waals surface area contributed by atoms with Gasteiger partial charge in [-0.3, -0.25) is 25.2 Å². The molecule has 2 aromatic rings. The van der Waals surface area contributed by atoms with Crippen molar-refractivity contribution in [2.75, 3.05) is 5.75 Å². The molecule has 2 rings (SSSR count). The van der Waals surface area contributed by atoms with Crippen LogP contribution in [-0.2, 0) is 14.4 Å². The van der Waals surface area contributed by atoms with E-state index < -0.39 is 11.9 Å². The summed E-state index contributed by atoms with van der Waals surface area (Å²) in [6.45, 7) is 3.37. The number of aryl methyl sites for hydroxylation is 1. The molecule has 0 saturated heterocycles. The van der Waals surface area contributed by atoms with Crippen LogP contribution in [0.15, 0.2) is 53.4 Å². The molecular formula is C20H22ClN3O3S. The molecule has 3 N–H and O–H groups in total. The Morgan fingerprint density at radius 3 is 2.18 bits per heavy atom.